The van der Waals surface area contributed by atoms with Gasteiger partial charge in [-0.25, -0.2) is 14.1 Å². The molecule has 2 N–H and O–H groups in total. The van der Waals surface area contributed by atoms with Crippen LogP contribution in [-0.2, 0) is 0 Å². The highest BCUT2D eigenvalue weighted by atomic mass is 19.1. The third-order valence-corrected chi connectivity index (χ3v) is 3.32. The maximum atomic E-state index is 13.7. The average Bonchev–Trinajstić information content (AvgIpc) is 2.84. The van der Waals surface area contributed by atoms with Crippen LogP contribution in [0.1, 0.15) is 11.1 Å². The number of nitrogens with zero attached hydrogens (tertiary/aromatic N) is 3. The molecule has 0 aliphatic heterocycles. The van der Waals surface area contributed by atoms with E-state index in [9.17, 15) is 4.39 Å². The third-order valence-electron chi connectivity index (χ3n) is 3.32. The summed E-state index contributed by atoms with van der Waals surface area (Å²) in [5.74, 6) is 0.413. The molecule has 0 aliphatic carbocycles. The number of rotatable bonds is 2. The molecule has 4 nitrogen and oxygen atoms in total. The van der Waals surface area contributed by atoms with Crippen LogP contribution in [0.3, 0.4) is 0 Å². The Bertz CT molecular complexity index is 808. The summed E-state index contributed by atoms with van der Waals surface area (Å²) >= 11 is 0. The van der Waals surface area contributed by atoms with Gasteiger partial charge >= 0.3 is 0 Å². The molecule has 3 aromatic rings. The van der Waals surface area contributed by atoms with Crippen molar-refractivity contribution in [2.45, 2.75) is 13.8 Å². The second-order valence-electron chi connectivity index (χ2n) is 5.03. The number of aromatic nitrogens is 3. The summed E-state index contributed by atoms with van der Waals surface area (Å²) in [6, 6.07) is 8.79. The van der Waals surface area contributed by atoms with Crippen LogP contribution in [0.5, 0.6) is 0 Å². The Morgan fingerprint density at radius 3 is 2.67 bits per heavy atom. The summed E-state index contributed by atoms with van der Waals surface area (Å²) in [4.78, 5) is 4.26. The van der Waals surface area contributed by atoms with Crippen LogP contribution >= 0.6 is 0 Å². The van der Waals surface area contributed by atoms with Crippen LogP contribution < -0.4 is 5.73 Å². The number of pyridine rings is 1. The monoisotopic (exact) mass is 282 g/mol. The second kappa shape index (κ2) is 5.01. The average molecular weight is 282 g/mol. The summed E-state index contributed by atoms with van der Waals surface area (Å²) < 4.78 is 15.3. The molecule has 0 saturated heterocycles. The van der Waals surface area contributed by atoms with Crippen LogP contribution in [0.2, 0.25) is 0 Å². The molecule has 0 bridgehead atoms. The Labute approximate surface area is 122 Å². The maximum Gasteiger partial charge on any atom is 0.153 e. The smallest absolute Gasteiger partial charge is 0.153 e. The number of hydrogen-bond acceptors (Lipinski definition) is 3. The minimum atomic E-state index is -0.268. The van der Waals surface area contributed by atoms with Gasteiger partial charge in [-0.3, -0.25) is 0 Å². The van der Waals surface area contributed by atoms with Gasteiger partial charge in [0.15, 0.2) is 5.82 Å². The first-order valence-corrected chi connectivity index (χ1v) is 6.59. The molecule has 0 radical (unpaired) electrons. The Kier molecular flexibility index (Phi) is 3.17. The molecule has 21 heavy (non-hydrogen) atoms. The topological polar surface area (TPSA) is 56.7 Å². The molecule has 0 atom stereocenters. The van der Waals surface area contributed by atoms with Gasteiger partial charge in [-0.1, -0.05) is 12.1 Å². The fourth-order valence-electron chi connectivity index (χ4n) is 2.11. The van der Waals surface area contributed by atoms with Crippen LogP contribution in [0, 0.1) is 19.7 Å². The zero-order valence-corrected chi connectivity index (χ0v) is 11.8. The lowest BCUT2D eigenvalue weighted by molar-refractivity contribution is 0.619. The predicted molar refractivity (Wildman–Crippen MR) is 80.6 cm³/mol. The Morgan fingerprint density at radius 1 is 1.14 bits per heavy atom. The van der Waals surface area contributed by atoms with Gasteiger partial charge in [-0.15, -0.1) is 0 Å². The Balaban J connectivity index is 2.07. The third kappa shape index (κ3) is 2.50. The van der Waals surface area contributed by atoms with Gasteiger partial charge in [-0.2, -0.15) is 5.10 Å². The van der Waals surface area contributed by atoms with Crippen molar-refractivity contribution in [2.75, 3.05) is 5.73 Å². The first-order chi connectivity index (χ1) is 10.0. The fraction of sp³-hybridized carbons (Fsp3) is 0.125. The van der Waals surface area contributed by atoms with E-state index in [2.05, 4.69) is 10.1 Å². The minimum absolute atomic E-state index is 0.268. The number of halogens is 1. The second-order valence-corrected chi connectivity index (χ2v) is 5.03. The number of benzene rings is 1. The number of nitrogen functional groups attached to an aromatic ring is 1. The van der Waals surface area contributed by atoms with Crippen molar-refractivity contribution in [3.63, 3.8) is 0 Å². The molecular formula is C16H15FN4. The van der Waals surface area contributed by atoms with Gasteiger partial charge in [0, 0.05) is 11.8 Å². The van der Waals surface area contributed by atoms with Gasteiger partial charge in [0.25, 0.3) is 0 Å². The maximum absolute atomic E-state index is 13.7. The fourth-order valence-corrected chi connectivity index (χ4v) is 2.11. The zero-order valence-electron chi connectivity index (χ0n) is 11.8. The molecule has 0 saturated carbocycles. The van der Waals surface area contributed by atoms with E-state index in [1.54, 1.807) is 30.1 Å². The van der Waals surface area contributed by atoms with Crippen LogP contribution in [0.4, 0.5) is 10.1 Å². The summed E-state index contributed by atoms with van der Waals surface area (Å²) in [7, 11) is 0. The van der Waals surface area contributed by atoms with Crippen molar-refractivity contribution in [1.82, 2.24) is 14.8 Å². The molecule has 1 aromatic carbocycles. The SMILES string of the molecule is Cc1ccnc(-n2cc(N)c(-c3ccc(C)c(F)c3)n2)c1. The Morgan fingerprint density at radius 2 is 1.95 bits per heavy atom. The van der Waals surface area contributed by atoms with E-state index in [1.165, 1.54) is 6.07 Å². The zero-order chi connectivity index (χ0) is 15.0. The molecule has 0 fully saturated rings. The first-order valence-electron chi connectivity index (χ1n) is 6.59. The van der Waals surface area contributed by atoms with Gasteiger partial charge in [0.2, 0.25) is 0 Å². The van der Waals surface area contributed by atoms with Gasteiger partial charge < -0.3 is 5.73 Å². The highest BCUT2D eigenvalue weighted by Gasteiger charge is 2.12. The summed E-state index contributed by atoms with van der Waals surface area (Å²) in [6.07, 6.45) is 3.41. The normalized spacial score (nSPS) is 10.8. The summed E-state index contributed by atoms with van der Waals surface area (Å²) in [5, 5.41) is 4.42. The predicted octanol–water partition coefficient (Wildman–Crippen LogP) is 3.27. The van der Waals surface area contributed by atoms with Gasteiger partial charge in [-0.05, 0) is 43.2 Å². The van der Waals surface area contributed by atoms with Crippen molar-refractivity contribution in [3.8, 4) is 17.1 Å². The van der Waals surface area contributed by atoms with Gasteiger partial charge in [0.05, 0.1) is 11.9 Å². The van der Waals surface area contributed by atoms with Crippen molar-refractivity contribution in [1.29, 1.82) is 0 Å². The molecule has 0 spiro atoms. The standard InChI is InChI=1S/C16H15FN4/c1-10-5-6-19-15(7-10)21-9-14(18)16(20-21)12-4-3-11(2)13(17)8-12/h3-9H,18H2,1-2H3. The summed E-state index contributed by atoms with van der Waals surface area (Å²) in [6.45, 7) is 3.70. The molecule has 0 amide bonds. The highest BCUT2D eigenvalue weighted by Crippen LogP contribution is 2.26. The lowest BCUT2D eigenvalue weighted by Crippen LogP contribution is -1.98. The molecule has 0 aliphatic rings. The van der Waals surface area contributed by atoms with Crippen LogP contribution in [-0.4, -0.2) is 14.8 Å². The van der Waals surface area contributed by atoms with Crippen LogP contribution in [0.15, 0.2) is 42.7 Å². The van der Waals surface area contributed by atoms with E-state index in [0.29, 0.717) is 28.3 Å². The van der Waals surface area contributed by atoms with E-state index < -0.39 is 0 Å². The molecule has 0 unspecified atom stereocenters. The van der Waals surface area contributed by atoms with Crippen molar-refractivity contribution in [3.05, 3.63) is 59.7 Å². The van der Waals surface area contributed by atoms with E-state index >= 15 is 0 Å². The summed E-state index contributed by atoms with van der Waals surface area (Å²) in [5.41, 5.74) is 9.37. The largest absolute Gasteiger partial charge is 0.396 e. The quantitative estimate of drug-likeness (QED) is 0.784. The molecule has 3 rings (SSSR count). The highest BCUT2D eigenvalue weighted by molar-refractivity contribution is 5.72. The van der Waals surface area contributed by atoms with Crippen molar-refractivity contribution in [2.24, 2.45) is 0 Å². The first kappa shape index (κ1) is 13.3. The number of nitrogens with two attached hydrogens (primary N) is 1. The molecule has 2 aromatic heterocycles. The van der Waals surface area contributed by atoms with E-state index in [0.717, 1.165) is 5.56 Å². The van der Waals surface area contributed by atoms with Crippen LogP contribution in [0.25, 0.3) is 17.1 Å². The number of aryl methyl sites for hydroxylation is 2. The van der Waals surface area contributed by atoms with E-state index in [1.807, 2.05) is 25.1 Å². The lowest BCUT2D eigenvalue weighted by atomic mass is 10.1. The van der Waals surface area contributed by atoms with E-state index in [4.69, 9.17) is 5.73 Å². The van der Waals surface area contributed by atoms with Crippen molar-refractivity contribution < 1.29 is 4.39 Å². The van der Waals surface area contributed by atoms with Crippen molar-refractivity contribution >= 4 is 5.69 Å². The number of anilines is 1. The van der Waals surface area contributed by atoms with Gasteiger partial charge in [0.1, 0.15) is 11.5 Å². The minimum Gasteiger partial charge on any atom is -0.396 e. The Hall–Kier alpha value is -2.69. The lowest BCUT2D eigenvalue weighted by Gasteiger charge is -2.02. The molecular weight excluding hydrogens is 267 g/mol. The molecule has 106 valence electrons. The molecule has 2 heterocycles. The molecule has 5 heteroatoms. The number of hydrogen-bond donors (Lipinski definition) is 1. The van der Waals surface area contributed by atoms with E-state index in [-0.39, 0.29) is 5.82 Å².